The standard InChI is InChI=1S/C24H20ClF2N3O4/c1-2-33-22-11-15(3-10-21(22)34-14-16-4-5-18(27)12-20(16)25)13-28-30-24(32)23(31)29-19-8-6-17(26)7-9-19/h3-13H,2,14H2,1H3,(H,29,31)(H,30,32)/b28-13+. The summed E-state index contributed by atoms with van der Waals surface area (Å²) < 4.78 is 37.5. The van der Waals surface area contributed by atoms with Crippen molar-refractivity contribution in [3.63, 3.8) is 0 Å². The van der Waals surface area contributed by atoms with Crippen molar-refractivity contribution in [1.82, 2.24) is 5.43 Å². The number of halogens is 3. The molecule has 2 N–H and O–H groups in total. The Labute approximate surface area is 199 Å². The van der Waals surface area contributed by atoms with Gasteiger partial charge in [0.1, 0.15) is 18.2 Å². The van der Waals surface area contributed by atoms with Gasteiger partial charge in [-0.05, 0) is 67.1 Å². The molecule has 0 saturated carbocycles. The molecule has 0 aliphatic rings. The summed E-state index contributed by atoms with van der Waals surface area (Å²) in [4.78, 5) is 23.8. The summed E-state index contributed by atoms with van der Waals surface area (Å²) in [7, 11) is 0. The first-order valence-corrected chi connectivity index (χ1v) is 10.5. The van der Waals surface area contributed by atoms with Gasteiger partial charge in [0.15, 0.2) is 11.5 Å². The molecule has 34 heavy (non-hydrogen) atoms. The SMILES string of the molecule is CCOc1cc(/C=N/NC(=O)C(=O)Nc2ccc(F)cc2)ccc1OCc1ccc(F)cc1Cl. The summed E-state index contributed by atoms with van der Waals surface area (Å²) in [6.07, 6.45) is 1.33. The van der Waals surface area contributed by atoms with Gasteiger partial charge in [-0.3, -0.25) is 9.59 Å². The van der Waals surface area contributed by atoms with Crippen LogP contribution in [0.5, 0.6) is 11.5 Å². The fourth-order valence-corrected chi connectivity index (χ4v) is 2.95. The second kappa shape index (κ2) is 11.8. The van der Waals surface area contributed by atoms with Gasteiger partial charge in [-0.2, -0.15) is 5.10 Å². The summed E-state index contributed by atoms with van der Waals surface area (Å²) in [5.41, 5.74) is 3.55. The molecule has 3 rings (SSSR count). The minimum atomic E-state index is -0.998. The third-order valence-electron chi connectivity index (χ3n) is 4.35. The minimum Gasteiger partial charge on any atom is -0.490 e. The number of amides is 2. The zero-order chi connectivity index (χ0) is 24.5. The number of benzene rings is 3. The molecule has 0 bridgehead atoms. The Morgan fingerprint density at radius 3 is 2.38 bits per heavy atom. The lowest BCUT2D eigenvalue weighted by atomic mass is 10.2. The minimum absolute atomic E-state index is 0.103. The van der Waals surface area contributed by atoms with Crippen molar-refractivity contribution in [2.45, 2.75) is 13.5 Å². The van der Waals surface area contributed by atoms with Gasteiger partial charge < -0.3 is 14.8 Å². The zero-order valence-corrected chi connectivity index (χ0v) is 18.7. The molecule has 0 aliphatic heterocycles. The molecule has 0 aliphatic carbocycles. The van der Waals surface area contributed by atoms with Crippen molar-refractivity contribution in [2.75, 3.05) is 11.9 Å². The number of rotatable bonds is 8. The molecule has 0 atom stereocenters. The Morgan fingerprint density at radius 1 is 0.941 bits per heavy atom. The van der Waals surface area contributed by atoms with Gasteiger partial charge in [0.25, 0.3) is 0 Å². The fourth-order valence-electron chi connectivity index (χ4n) is 2.72. The third-order valence-corrected chi connectivity index (χ3v) is 4.71. The highest BCUT2D eigenvalue weighted by atomic mass is 35.5. The van der Waals surface area contributed by atoms with E-state index in [9.17, 15) is 18.4 Å². The average molecular weight is 488 g/mol. The van der Waals surface area contributed by atoms with E-state index in [4.69, 9.17) is 21.1 Å². The molecular weight excluding hydrogens is 468 g/mol. The predicted octanol–water partition coefficient (Wildman–Crippen LogP) is 4.68. The van der Waals surface area contributed by atoms with Crippen LogP contribution in [0.1, 0.15) is 18.1 Å². The number of nitrogens with zero attached hydrogens (tertiary/aromatic N) is 1. The van der Waals surface area contributed by atoms with Gasteiger partial charge >= 0.3 is 11.8 Å². The van der Waals surface area contributed by atoms with Crippen LogP contribution in [0.25, 0.3) is 0 Å². The van der Waals surface area contributed by atoms with Gasteiger partial charge in [-0.15, -0.1) is 0 Å². The smallest absolute Gasteiger partial charge is 0.329 e. The lowest BCUT2D eigenvalue weighted by Gasteiger charge is -2.13. The third kappa shape index (κ3) is 7.01. The van der Waals surface area contributed by atoms with Gasteiger partial charge in [0.2, 0.25) is 0 Å². The second-order valence-electron chi connectivity index (χ2n) is 6.82. The molecule has 0 fully saturated rings. The summed E-state index contributed by atoms with van der Waals surface area (Å²) in [5.74, 6) is -2.00. The summed E-state index contributed by atoms with van der Waals surface area (Å²) >= 11 is 6.03. The maximum Gasteiger partial charge on any atom is 0.329 e. The molecule has 10 heteroatoms. The Bertz CT molecular complexity index is 1200. The van der Waals surface area contributed by atoms with Crippen LogP contribution in [-0.2, 0) is 16.2 Å². The van der Waals surface area contributed by atoms with Crippen LogP contribution in [0.4, 0.5) is 14.5 Å². The number of carbonyl (C=O) groups is 2. The Balaban J connectivity index is 1.60. The first-order chi connectivity index (χ1) is 16.4. The lowest BCUT2D eigenvalue weighted by Crippen LogP contribution is -2.32. The van der Waals surface area contributed by atoms with E-state index in [1.54, 1.807) is 25.1 Å². The summed E-state index contributed by atoms with van der Waals surface area (Å²) in [5, 5.41) is 6.35. The number of carbonyl (C=O) groups excluding carboxylic acids is 2. The van der Waals surface area contributed by atoms with E-state index in [0.29, 0.717) is 29.2 Å². The van der Waals surface area contributed by atoms with Crippen molar-refractivity contribution >= 4 is 35.3 Å². The zero-order valence-electron chi connectivity index (χ0n) is 18.0. The maximum atomic E-state index is 13.2. The van der Waals surface area contributed by atoms with Gasteiger partial charge in [0.05, 0.1) is 17.8 Å². The highest BCUT2D eigenvalue weighted by Gasteiger charge is 2.13. The van der Waals surface area contributed by atoms with Gasteiger partial charge in [-0.1, -0.05) is 17.7 Å². The van der Waals surface area contributed by atoms with Crippen LogP contribution in [-0.4, -0.2) is 24.6 Å². The molecule has 0 heterocycles. The molecule has 2 amide bonds. The topological polar surface area (TPSA) is 89.0 Å². The van der Waals surface area contributed by atoms with Crippen LogP contribution < -0.4 is 20.2 Å². The highest BCUT2D eigenvalue weighted by molar-refractivity contribution is 6.39. The normalized spacial score (nSPS) is 10.7. The van der Waals surface area contributed by atoms with Crippen LogP contribution in [0.2, 0.25) is 5.02 Å². The van der Waals surface area contributed by atoms with Gasteiger partial charge in [0, 0.05) is 11.3 Å². The summed E-state index contributed by atoms with van der Waals surface area (Å²) in [6, 6.07) is 13.9. The van der Waals surface area contributed by atoms with E-state index in [0.717, 1.165) is 12.1 Å². The van der Waals surface area contributed by atoms with Crippen molar-refractivity contribution in [1.29, 1.82) is 0 Å². The Hall–Kier alpha value is -3.98. The molecule has 0 unspecified atom stereocenters. The van der Waals surface area contributed by atoms with Crippen molar-refractivity contribution in [2.24, 2.45) is 5.10 Å². The average Bonchev–Trinajstić information content (AvgIpc) is 2.81. The van der Waals surface area contributed by atoms with E-state index in [2.05, 4.69) is 15.8 Å². The van der Waals surface area contributed by atoms with E-state index in [1.165, 1.54) is 36.5 Å². The molecule has 0 radical (unpaired) electrons. The first-order valence-electron chi connectivity index (χ1n) is 10.1. The van der Waals surface area contributed by atoms with E-state index >= 15 is 0 Å². The Kier molecular flexibility index (Phi) is 8.53. The molecule has 0 saturated heterocycles. The maximum absolute atomic E-state index is 13.2. The van der Waals surface area contributed by atoms with Crippen LogP contribution in [0.15, 0.2) is 65.8 Å². The number of anilines is 1. The van der Waals surface area contributed by atoms with Crippen molar-refractivity contribution < 1.29 is 27.8 Å². The highest BCUT2D eigenvalue weighted by Crippen LogP contribution is 2.29. The first kappa shape index (κ1) is 24.7. The largest absolute Gasteiger partial charge is 0.490 e. The van der Waals surface area contributed by atoms with E-state index in [-0.39, 0.29) is 17.3 Å². The van der Waals surface area contributed by atoms with Gasteiger partial charge in [-0.25, -0.2) is 14.2 Å². The molecule has 3 aromatic rings. The molecule has 7 nitrogen and oxygen atoms in total. The van der Waals surface area contributed by atoms with E-state index < -0.39 is 23.4 Å². The fraction of sp³-hybridized carbons (Fsp3) is 0.125. The number of nitrogens with one attached hydrogen (secondary N) is 2. The van der Waals surface area contributed by atoms with Crippen LogP contribution >= 0.6 is 11.6 Å². The number of hydrogen-bond acceptors (Lipinski definition) is 5. The monoisotopic (exact) mass is 487 g/mol. The van der Waals surface area contributed by atoms with E-state index in [1.807, 2.05) is 0 Å². The summed E-state index contributed by atoms with van der Waals surface area (Å²) in [6.45, 7) is 2.28. The molecule has 176 valence electrons. The Morgan fingerprint density at radius 2 is 1.68 bits per heavy atom. The molecule has 0 spiro atoms. The quantitative estimate of drug-likeness (QED) is 0.274. The lowest BCUT2D eigenvalue weighted by molar-refractivity contribution is -0.136. The predicted molar refractivity (Wildman–Crippen MR) is 124 cm³/mol. The molecular formula is C24H20ClF2N3O4. The number of ether oxygens (including phenoxy) is 2. The van der Waals surface area contributed by atoms with Crippen LogP contribution in [0.3, 0.4) is 0 Å². The number of hydrogen-bond donors (Lipinski definition) is 2. The number of hydrazone groups is 1. The van der Waals surface area contributed by atoms with Crippen molar-refractivity contribution in [3.05, 3.63) is 88.4 Å². The van der Waals surface area contributed by atoms with Crippen LogP contribution in [0, 0.1) is 11.6 Å². The molecule has 0 aromatic heterocycles. The van der Waals surface area contributed by atoms with Crippen molar-refractivity contribution in [3.8, 4) is 11.5 Å². The second-order valence-corrected chi connectivity index (χ2v) is 7.23. The molecule has 3 aromatic carbocycles.